The number of aromatic nitrogens is 1. The zero-order valence-electron chi connectivity index (χ0n) is 14.2. The van der Waals surface area contributed by atoms with Crippen molar-refractivity contribution >= 4 is 5.69 Å². The van der Waals surface area contributed by atoms with Crippen molar-refractivity contribution in [2.75, 3.05) is 5.32 Å². The molecule has 3 aromatic rings. The van der Waals surface area contributed by atoms with Crippen LogP contribution in [0.4, 0.5) is 23.2 Å². The van der Waals surface area contributed by atoms with Gasteiger partial charge in [0.1, 0.15) is 5.69 Å². The Morgan fingerprint density at radius 1 is 0.741 bits per heavy atom. The highest BCUT2D eigenvalue weighted by atomic mass is 19.2. The summed E-state index contributed by atoms with van der Waals surface area (Å²) in [5, 5.41) is 2.38. The van der Waals surface area contributed by atoms with E-state index < -0.39 is 29.2 Å². The molecule has 0 fully saturated rings. The van der Waals surface area contributed by atoms with Gasteiger partial charge in [-0.05, 0) is 16.7 Å². The number of halogens is 4. The molecule has 0 spiro atoms. The first-order valence-electron chi connectivity index (χ1n) is 8.18. The molecule has 0 aliphatic heterocycles. The highest BCUT2D eigenvalue weighted by Crippen LogP contribution is 2.22. The number of hydrogen-bond donors (Lipinski definition) is 1. The molecule has 0 amide bonds. The normalized spacial score (nSPS) is 10.8. The van der Waals surface area contributed by atoms with Gasteiger partial charge in [-0.25, -0.2) is 0 Å². The molecular formula is C20H16F4N2O. The van der Waals surface area contributed by atoms with E-state index in [1.807, 2.05) is 36.4 Å². The molecule has 3 nitrogen and oxygen atoms in total. The molecule has 0 saturated carbocycles. The van der Waals surface area contributed by atoms with Gasteiger partial charge >= 0.3 is 0 Å². The second-order valence-corrected chi connectivity index (χ2v) is 5.85. The van der Waals surface area contributed by atoms with Crippen LogP contribution in [-0.2, 0) is 24.5 Å². The molecule has 7 heteroatoms. The van der Waals surface area contributed by atoms with Crippen LogP contribution in [-0.4, -0.2) is 4.98 Å². The molecule has 27 heavy (non-hydrogen) atoms. The SMILES string of the molecule is Fc1nc(F)c(F)c(NCc2cccc(COCc3ccccc3)c2)c1F. The van der Waals surface area contributed by atoms with Crippen molar-refractivity contribution in [3.63, 3.8) is 0 Å². The zero-order valence-corrected chi connectivity index (χ0v) is 14.2. The molecule has 1 N–H and O–H groups in total. The molecule has 0 radical (unpaired) electrons. The molecule has 140 valence electrons. The molecular weight excluding hydrogens is 360 g/mol. The van der Waals surface area contributed by atoms with Crippen LogP contribution < -0.4 is 5.32 Å². The summed E-state index contributed by atoms with van der Waals surface area (Å²) in [6.45, 7) is 0.780. The Morgan fingerprint density at radius 2 is 1.33 bits per heavy atom. The Labute approximate surface area is 153 Å². The molecule has 0 aliphatic rings. The summed E-state index contributed by atoms with van der Waals surface area (Å²) in [5.74, 6) is -6.51. The Hall–Kier alpha value is -2.93. The Balaban J connectivity index is 1.61. The van der Waals surface area contributed by atoms with Crippen LogP contribution >= 0.6 is 0 Å². The van der Waals surface area contributed by atoms with Crippen molar-refractivity contribution in [2.24, 2.45) is 0 Å². The number of pyridine rings is 1. The van der Waals surface area contributed by atoms with Gasteiger partial charge in [0.2, 0.25) is 11.6 Å². The van der Waals surface area contributed by atoms with Crippen LogP contribution in [0.5, 0.6) is 0 Å². The van der Waals surface area contributed by atoms with Crippen molar-refractivity contribution in [2.45, 2.75) is 19.8 Å². The number of nitrogens with one attached hydrogen (secondary N) is 1. The highest BCUT2D eigenvalue weighted by Gasteiger charge is 2.20. The van der Waals surface area contributed by atoms with E-state index >= 15 is 0 Å². The molecule has 0 saturated heterocycles. The molecule has 0 aliphatic carbocycles. The molecule has 0 unspecified atom stereocenters. The lowest BCUT2D eigenvalue weighted by Crippen LogP contribution is -2.09. The lowest BCUT2D eigenvalue weighted by atomic mass is 10.1. The van der Waals surface area contributed by atoms with Gasteiger partial charge in [0, 0.05) is 6.54 Å². The van der Waals surface area contributed by atoms with E-state index in [4.69, 9.17) is 4.74 Å². The van der Waals surface area contributed by atoms with E-state index in [0.29, 0.717) is 18.8 Å². The first-order chi connectivity index (χ1) is 13.0. The molecule has 3 rings (SSSR count). The van der Waals surface area contributed by atoms with E-state index in [1.165, 1.54) is 0 Å². The Kier molecular flexibility index (Phi) is 6.03. The van der Waals surface area contributed by atoms with Gasteiger partial charge in [-0.2, -0.15) is 22.5 Å². The Morgan fingerprint density at radius 3 is 2.04 bits per heavy atom. The number of hydrogen-bond acceptors (Lipinski definition) is 3. The second-order valence-electron chi connectivity index (χ2n) is 5.85. The van der Waals surface area contributed by atoms with Gasteiger partial charge in [-0.3, -0.25) is 0 Å². The van der Waals surface area contributed by atoms with Gasteiger partial charge in [0.05, 0.1) is 13.2 Å². The number of nitrogens with zero attached hydrogens (tertiary/aromatic N) is 1. The van der Waals surface area contributed by atoms with E-state index in [0.717, 1.165) is 11.1 Å². The topological polar surface area (TPSA) is 34.2 Å². The van der Waals surface area contributed by atoms with Crippen molar-refractivity contribution < 1.29 is 22.3 Å². The zero-order chi connectivity index (χ0) is 19.2. The fourth-order valence-electron chi connectivity index (χ4n) is 2.52. The fraction of sp³-hybridized carbons (Fsp3) is 0.150. The molecule has 2 aromatic carbocycles. The van der Waals surface area contributed by atoms with Crippen LogP contribution in [0.1, 0.15) is 16.7 Å². The smallest absolute Gasteiger partial charge is 0.253 e. The van der Waals surface area contributed by atoms with Crippen LogP contribution in [0.2, 0.25) is 0 Å². The van der Waals surface area contributed by atoms with Crippen LogP contribution in [0.15, 0.2) is 54.6 Å². The Bertz CT molecular complexity index is 893. The lowest BCUT2D eigenvalue weighted by molar-refractivity contribution is 0.107. The fourth-order valence-corrected chi connectivity index (χ4v) is 2.52. The van der Waals surface area contributed by atoms with Crippen molar-refractivity contribution in [3.05, 3.63) is 94.8 Å². The van der Waals surface area contributed by atoms with Gasteiger partial charge in [0.15, 0.2) is 0 Å². The lowest BCUT2D eigenvalue weighted by Gasteiger charge is -2.11. The predicted molar refractivity (Wildman–Crippen MR) is 92.8 cm³/mol. The van der Waals surface area contributed by atoms with Crippen LogP contribution in [0.25, 0.3) is 0 Å². The van der Waals surface area contributed by atoms with Gasteiger partial charge < -0.3 is 10.1 Å². The standard InChI is InChI=1S/C20H16F4N2O/c21-16-18(17(22)20(24)26-19(16)23)25-10-14-7-4-8-15(9-14)12-27-11-13-5-2-1-3-6-13/h1-9H,10-12H2,(H,25,26). The van der Waals surface area contributed by atoms with E-state index in [-0.39, 0.29) is 6.54 Å². The third kappa shape index (κ3) is 4.83. The quantitative estimate of drug-likeness (QED) is 0.467. The van der Waals surface area contributed by atoms with Crippen molar-refractivity contribution in [1.29, 1.82) is 0 Å². The van der Waals surface area contributed by atoms with E-state index in [2.05, 4.69) is 10.3 Å². The number of benzene rings is 2. The predicted octanol–water partition coefficient (Wildman–Crippen LogP) is 4.97. The summed E-state index contributed by atoms with van der Waals surface area (Å²) in [5.41, 5.74) is 1.69. The number of ether oxygens (including phenoxy) is 1. The minimum absolute atomic E-state index is 0.0245. The minimum Gasteiger partial charge on any atom is -0.376 e. The van der Waals surface area contributed by atoms with Gasteiger partial charge in [-0.15, -0.1) is 0 Å². The minimum atomic E-state index is -1.69. The van der Waals surface area contributed by atoms with Gasteiger partial charge in [-0.1, -0.05) is 54.6 Å². The largest absolute Gasteiger partial charge is 0.376 e. The second kappa shape index (κ2) is 8.64. The van der Waals surface area contributed by atoms with Crippen LogP contribution in [0.3, 0.4) is 0 Å². The first-order valence-corrected chi connectivity index (χ1v) is 8.18. The molecule has 0 atom stereocenters. The first kappa shape index (κ1) is 18.8. The van der Waals surface area contributed by atoms with Crippen LogP contribution in [0, 0.1) is 23.5 Å². The third-order valence-electron chi connectivity index (χ3n) is 3.84. The highest BCUT2D eigenvalue weighted by molar-refractivity contribution is 5.46. The number of rotatable bonds is 7. The summed E-state index contributed by atoms with van der Waals surface area (Å²) in [6, 6.07) is 16.8. The molecule has 1 heterocycles. The summed E-state index contributed by atoms with van der Waals surface area (Å²) >= 11 is 0. The van der Waals surface area contributed by atoms with Gasteiger partial charge in [0.25, 0.3) is 11.9 Å². The van der Waals surface area contributed by atoms with Crippen molar-refractivity contribution in [1.82, 2.24) is 4.98 Å². The summed E-state index contributed by atoms with van der Waals surface area (Å²) in [6.07, 6.45) is 0. The maximum Gasteiger partial charge on any atom is 0.253 e. The third-order valence-corrected chi connectivity index (χ3v) is 3.84. The summed E-state index contributed by atoms with van der Waals surface area (Å²) in [4.78, 5) is 2.52. The van der Waals surface area contributed by atoms with E-state index in [9.17, 15) is 17.6 Å². The maximum atomic E-state index is 13.6. The van der Waals surface area contributed by atoms with E-state index in [1.54, 1.807) is 18.2 Å². The number of anilines is 1. The molecule has 1 aromatic heterocycles. The molecule has 0 bridgehead atoms. The average molecular weight is 376 g/mol. The summed E-state index contributed by atoms with van der Waals surface area (Å²) < 4.78 is 59.2. The maximum absolute atomic E-state index is 13.6. The summed E-state index contributed by atoms with van der Waals surface area (Å²) in [7, 11) is 0. The monoisotopic (exact) mass is 376 g/mol. The van der Waals surface area contributed by atoms with Crippen molar-refractivity contribution in [3.8, 4) is 0 Å². The average Bonchev–Trinajstić information content (AvgIpc) is 2.68.